The standard InChI is InChI=1S/C29H27Cl2F6N3O3/c1-27(2,15-7-16(28(32,33)34)9-17(8-15)29(35,36)37)26(43)39(3)23-12-38-24(40-13-19(42)10-18(40)14-41)11-21(23)20-5-4-6-22(30)25(20)31/h4-9,11-12,18-19,41-42H,10,13-14H2,1-3H3/t18-,19+/m0/s1. The Morgan fingerprint density at radius 1 is 1.00 bits per heavy atom. The van der Waals surface area contributed by atoms with Crippen LogP contribution in [-0.4, -0.2) is 53.4 Å². The molecule has 14 heteroatoms. The molecule has 0 saturated carbocycles. The highest BCUT2D eigenvalue weighted by atomic mass is 35.5. The number of likely N-dealkylation sites (N-methyl/N-ethyl adjacent to an activating group) is 1. The first kappa shape index (κ1) is 32.8. The van der Waals surface area contributed by atoms with Crippen molar-refractivity contribution >= 4 is 40.6 Å². The maximum atomic E-state index is 13.9. The van der Waals surface area contributed by atoms with E-state index in [0.29, 0.717) is 29.1 Å². The summed E-state index contributed by atoms with van der Waals surface area (Å²) in [5.41, 5.74) is -4.62. The summed E-state index contributed by atoms with van der Waals surface area (Å²) in [4.78, 5) is 21.1. The van der Waals surface area contributed by atoms with Crippen molar-refractivity contribution in [2.24, 2.45) is 0 Å². The van der Waals surface area contributed by atoms with E-state index in [0.717, 1.165) is 4.90 Å². The van der Waals surface area contributed by atoms with Crippen LogP contribution in [-0.2, 0) is 22.6 Å². The number of aliphatic hydroxyl groups is 2. The van der Waals surface area contributed by atoms with Gasteiger partial charge in [-0.25, -0.2) is 4.98 Å². The number of halogens is 8. The van der Waals surface area contributed by atoms with E-state index in [-0.39, 0.29) is 41.4 Å². The van der Waals surface area contributed by atoms with Crippen LogP contribution in [0.4, 0.5) is 37.8 Å². The molecule has 2 aromatic carbocycles. The average Bonchev–Trinajstić information content (AvgIpc) is 3.32. The summed E-state index contributed by atoms with van der Waals surface area (Å²) >= 11 is 12.8. The third kappa shape index (κ3) is 6.57. The number of hydrogen-bond donors (Lipinski definition) is 2. The van der Waals surface area contributed by atoms with Crippen molar-refractivity contribution in [3.63, 3.8) is 0 Å². The van der Waals surface area contributed by atoms with Crippen LogP contribution in [0.5, 0.6) is 0 Å². The molecule has 232 valence electrons. The summed E-state index contributed by atoms with van der Waals surface area (Å²) < 4.78 is 81.4. The molecule has 1 saturated heterocycles. The van der Waals surface area contributed by atoms with Crippen LogP contribution in [0.25, 0.3) is 11.1 Å². The second kappa shape index (κ2) is 11.8. The van der Waals surface area contributed by atoms with Gasteiger partial charge in [0, 0.05) is 24.7 Å². The minimum Gasteiger partial charge on any atom is -0.394 e. The molecule has 4 rings (SSSR count). The van der Waals surface area contributed by atoms with Crippen LogP contribution < -0.4 is 9.80 Å². The highest BCUT2D eigenvalue weighted by molar-refractivity contribution is 6.43. The molecular weight excluding hydrogens is 623 g/mol. The van der Waals surface area contributed by atoms with E-state index in [9.17, 15) is 41.4 Å². The van der Waals surface area contributed by atoms with E-state index in [1.165, 1.54) is 33.2 Å². The largest absolute Gasteiger partial charge is 0.416 e. The molecule has 1 amide bonds. The van der Waals surface area contributed by atoms with Gasteiger partial charge in [0.25, 0.3) is 0 Å². The van der Waals surface area contributed by atoms with Crippen molar-refractivity contribution in [1.29, 1.82) is 0 Å². The third-order valence-electron chi connectivity index (χ3n) is 7.52. The number of pyridine rings is 1. The highest BCUT2D eigenvalue weighted by Crippen LogP contribution is 2.43. The lowest BCUT2D eigenvalue weighted by Crippen LogP contribution is -2.42. The zero-order valence-corrected chi connectivity index (χ0v) is 24.6. The second-order valence-corrected chi connectivity index (χ2v) is 11.6. The van der Waals surface area contributed by atoms with E-state index in [1.807, 2.05) is 0 Å². The maximum absolute atomic E-state index is 13.9. The van der Waals surface area contributed by atoms with Crippen molar-refractivity contribution in [3.8, 4) is 11.1 Å². The quantitative estimate of drug-likeness (QED) is 0.282. The predicted octanol–water partition coefficient (Wildman–Crippen LogP) is 6.97. The maximum Gasteiger partial charge on any atom is 0.416 e. The lowest BCUT2D eigenvalue weighted by Gasteiger charge is -2.32. The van der Waals surface area contributed by atoms with E-state index in [2.05, 4.69) is 4.98 Å². The zero-order valence-electron chi connectivity index (χ0n) is 23.1. The van der Waals surface area contributed by atoms with Gasteiger partial charge in [-0.05, 0) is 56.2 Å². The number of alkyl halides is 6. The van der Waals surface area contributed by atoms with Gasteiger partial charge in [-0.15, -0.1) is 0 Å². The lowest BCUT2D eigenvalue weighted by molar-refractivity contribution is -0.143. The number of rotatable bonds is 6. The number of carbonyl (C=O) groups is 1. The topological polar surface area (TPSA) is 76.9 Å². The number of hydrogen-bond acceptors (Lipinski definition) is 5. The third-order valence-corrected chi connectivity index (χ3v) is 8.34. The molecule has 2 atom stereocenters. The van der Waals surface area contributed by atoms with Gasteiger partial charge in [-0.3, -0.25) is 4.79 Å². The first-order valence-electron chi connectivity index (χ1n) is 12.9. The van der Waals surface area contributed by atoms with Crippen LogP contribution >= 0.6 is 23.2 Å². The SMILES string of the molecule is CN(C(=O)C(C)(C)c1cc(C(F)(F)F)cc(C(F)(F)F)c1)c1cnc(N2C[C@H](O)C[C@H]2CO)cc1-c1cccc(Cl)c1Cl. The summed E-state index contributed by atoms with van der Waals surface area (Å²) in [5, 5.41) is 20.3. The molecule has 1 fully saturated rings. The fourth-order valence-corrected chi connectivity index (χ4v) is 5.50. The van der Waals surface area contributed by atoms with Crippen LogP contribution in [0.15, 0.2) is 48.7 Å². The number of benzene rings is 2. The molecule has 0 bridgehead atoms. The Labute approximate surface area is 253 Å². The molecule has 2 heterocycles. The van der Waals surface area contributed by atoms with Crippen LogP contribution in [0.3, 0.4) is 0 Å². The van der Waals surface area contributed by atoms with Gasteiger partial charge < -0.3 is 20.0 Å². The first-order valence-corrected chi connectivity index (χ1v) is 13.7. The number of aromatic nitrogens is 1. The van der Waals surface area contributed by atoms with Crippen molar-refractivity contribution in [1.82, 2.24) is 4.98 Å². The van der Waals surface area contributed by atoms with Gasteiger partial charge >= 0.3 is 12.4 Å². The molecule has 1 aromatic heterocycles. The van der Waals surface area contributed by atoms with E-state index in [4.69, 9.17) is 23.2 Å². The fraction of sp³-hybridized carbons (Fsp3) is 0.379. The van der Waals surface area contributed by atoms with Crippen molar-refractivity contribution in [2.45, 2.75) is 50.2 Å². The number of anilines is 2. The molecular formula is C29H27Cl2F6N3O3. The Balaban J connectivity index is 1.84. The van der Waals surface area contributed by atoms with Gasteiger partial charge in [0.2, 0.25) is 5.91 Å². The number of β-amino-alcohol motifs (C(OH)–C–C–N with tert-alkyl or cyclic N) is 1. The Bertz CT molecular complexity index is 1500. The Hall–Kier alpha value is -3.06. The van der Waals surface area contributed by atoms with Crippen LogP contribution in [0.2, 0.25) is 10.0 Å². The van der Waals surface area contributed by atoms with Crippen molar-refractivity contribution in [3.05, 3.63) is 75.4 Å². The number of carbonyl (C=O) groups excluding carboxylic acids is 1. The smallest absolute Gasteiger partial charge is 0.394 e. The van der Waals surface area contributed by atoms with Gasteiger partial charge in [0.15, 0.2) is 0 Å². The number of aliphatic hydroxyl groups excluding tert-OH is 2. The second-order valence-electron chi connectivity index (χ2n) is 10.8. The summed E-state index contributed by atoms with van der Waals surface area (Å²) in [5.74, 6) is -0.503. The van der Waals surface area contributed by atoms with Crippen LogP contribution in [0.1, 0.15) is 37.0 Å². The summed E-state index contributed by atoms with van der Waals surface area (Å²) in [7, 11) is 1.32. The fourth-order valence-electron chi connectivity index (χ4n) is 5.10. The number of nitrogens with zero attached hydrogens (tertiary/aromatic N) is 3. The van der Waals surface area contributed by atoms with Gasteiger partial charge in [0.05, 0.1) is 57.2 Å². The van der Waals surface area contributed by atoms with Gasteiger partial charge in [0.1, 0.15) is 5.82 Å². The normalized spacial score (nSPS) is 17.8. The van der Waals surface area contributed by atoms with Gasteiger partial charge in [-0.1, -0.05) is 35.3 Å². The molecule has 1 aliphatic heterocycles. The van der Waals surface area contributed by atoms with E-state index >= 15 is 0 Å². The molecule has 0 aliphatic carbocycles. The van der Waals surface area contributed by atoms with Crippen molar-refractivity contribution in [2.75, 3.05) is 30.0 Å². The molecule has 1 aliphatic rings. The van der Waals surface area contributed by atoms with Crippen molar-refractivity contribution < 1.29 is 41.4 Å². The van der Waals surface area contributed by atoms with Gasteiger partial charge in [-0.2, -0.15) is 26.3 Å². The Kier molecular flexibility index (Phi) is 9.01. The van der Waals surface area contributed by atoms with Crippen LogP contribution in [0, 0.1) is 0 Å². The summed E-state index contributed by atoms with van der Waals surface area (Å²) in [6, 6.07) is 6.95. The predicted molar refractivity (Wildman–Crippen MR) is 151 cm³/mol. The molecule has 2 N–H and O–H groups in total. The summed E-state index contributed by atoms with van der Waals surface area (Å²) in [6.45, 7) is 2.36. The summed E-state index contributed by atoms with van der Waals surface area (Å²) in [6.07, 6.45) is -9.31. The molecule has 6 nitrogen and oxygen atoms in total. The Morgan fingerprint density at radius 2 is 1.58 bits per heavy atom. The number of amides is 1. The lowest BCUT2D eigenvalue weighted by atomic mass is 9.81. The molecule has 0 unspecified atom stereocenters. The zero-order chi connectivity index (χ0) is 32.1. The molecule has 3 aromatic rings. The molecule has 43 heavy (non-hydrogen) atoms. The van der Waals surface area contributed by atoms with E-state index < -0.39 is 52.5 Å². The van der Waals surface area contributed by atoms with E-state index in [1.54, 1.807) is 23.1 Å². The minimum absolute atomic E-state index is 0.00457. The molecule has 0 radical (unpaired) electrons. The minimum atomic E-state index is -5.09. The average molecular weight is 650 g/mol. The molecule has 0 spiro atoms. The Morgan fingerprint density at radius 3 is 2.14 bits per heavy atom. The highest BCUT2D eigenvalue weighted by Gasteiger charge is 2.41. The monoisotopic (exact) mass is 649 g/mol. The first-order chi connectivity index (χ1) is 19.9.